The molecule has 0 aromatic heterocycles. The Morgan fingerprint density at radius 3 is 2.75 bits per heavy atom. The highest BCUT2D eigenvalue weighted by atomic mass is 19.1. The van der Waals surface area contributed by atoms with Gasteiger partial charge < -0.3 is 15.3 Å². The molecule has 112 valence electrons. The molecule has 1 atom stereocenters. The van der Waals surface area contributed by atoms with Crippen molar-refractivity contribution in [1.82, 2.24) is 10.2 Å². The first-order chi connectivity index (χ1) is 9.60. The zero-order valence-electron chi connectivity index (χ0n) is 12.4. The molecule has 0 bridgehead atoms. The van der Waals surface area contributed by atoms with Crippen LogP contribution in [0.2, 0.25) is 0 Å². The van der Waals surface area contributed by atoms with Gasteiger partial charge in [-0.05, 0) is 64.0 Å². The van der Waals surface area contributed by atoms with E-state index in [1.54, 1.807) is 0 Å². The smallest absolute Gasteiger partial charge is 0.123 e. The number of nitrogens with zero attached hydrogens (tertiary/aromatic N) is 1. The highest BCUT2D eigenvalue weighted by molar-refractivity contribution is 5.34. The van der Waals surface area contributed by atoms with Gasteiger partial charge in [0.25, 0.3) is 0 Å². The van der Waals surface area contributed by atoms with E-state index in [1.165, 1.54) is 31.2 Å². The maximum atomic E-state index is 13.3. The zero-order valence-corrected chi connectivity index (χ0v) is 12.4. The van der Waals surface area contributed by atoms with Gasteiger partial charge in [-0.1, -0.05) is 6.92 Å². The van der Waals surface area contributed by atoms with Gasteiger partial charge in [0.2, 0.25) is 0 Å². The Labute approximate surface area is 120 Å². The molecule has 1 aliphatic rings. The number of phenols is 1. The van der Waals surface area contributed by atoms with E-state index in [0.717, 1.165) is 25.9 Å². The van der Waals surface area contributed by atoms with Crippen molar-refractivity contribution in [2.45, 2.75) is 45.2 Å². The second-order valence-corrected chi connectivity index (χ2v) is 5.71. The summed E-state index contributed by atoms with van der Waals surface area (Å²) in [6.07, 6.45) is 3.42. The van der Waals surface area contributed by atoms with Crippen LogP contribution in [0.5, 0.6) is 5.75 Å². The van der Waals surface area contributed by atoms with Crippen molar-refractivity contribution in [3.8, 4) is 5.75 Å². The number of hydrogen-bond acceptors (Lipinski definition) is 3. The van der Waals surface area contributed by atoms with Gasteiger partial charge in [0.1, 0.15) is 11.6 Å². The van der Waals surface area contributed by atoms with Crippen LogP contribution in [0.4, 0.5) is 4.39 Å². The van der Waals surface area contributed by atoms with E-state index < -0.39 is 0 Å². The zero-order chi connectivity index (χ0) is 14.5. The number of halogens is 1. The first kappa shape index (κ1) is 15.3. The van der Waals surface area contributed by atoms with Gasteiger partial charge in [0, 0.05) is 17.6 Å². The van der Waals surface area contributed by atoms with Crippen LogP contribution in [-0.4, -0.2) is 35.7 Å². The summed E-state index contributed by atoms with van der Waals surface area (Å²) >= 11 is 0. The number of piperidine rings is 1. The van der Waals surface area contributed by atoms with E-state index in [-0.39, 0.29) is 17.6 Å². The number of likely N-dealkylation sites (tertiary alicyclic amines) is 1. The van der Waals surface area contributed by atoms with Crippen LogP contribution in [0.3, 0.4) is 0 Å². The molecule has 3 nitrogen and oxygen atoms in total. The van der Waals surface area contributed by atoms with E-state index in [9.17, 15) is 9.50 Å². The Bertz CT molecular complexity index is 430. The molecule has 0 radical (unpaired) electrons. The van der Waals surface area contributed by atoms with Gasteiger partial charge in [-0.3, -0.25) is 0 Å². The monoisotopic (exact) mass is 280 g/mol. The lowest BCUT2D eigenvalue weighted by atomic mass is 10.0. The molecule has 4 heteroatoms. The maximum Gasteiger partial charge on any atom is 0.123 e. The third kappa shape index (κ3) is 3.93. The highest BCUT2D eigenvalue weighted by Crippen LogP contribution is 2.26. The molecule has 2 rings (SSSR count). The summed E-state index contributed by atoms with van der Waals surface area (Å²) in [4.78, 5) is 2.49. The standard InChI is InChI=1S/C16H25FN2O/c1-3-8-19-9-6-14(7-10-19)18-12(2)15-11-13(17)4-5-16(15)20/h4-5,11-12,14,18,20H,3,6-10H2,1-2H3. The molecular weight excluding hydrogens is 255 g/mol. The van der Waals surface area contributed by atoms with E-state index in [0.29, 0.717) is 11.6 Å². The summed E-state index contributed by atoms with van der Waals surface area (Å²) in [7, 11) is 0. The molecule has 1 aliphatic heterocycles. The lowest BCUT2D eigenvalue weighted by Gasteiger charge is -2.34. The fourth-order valence-corrected chi connectivity index (χ4v) is 2.95. The SMILES string of the molecule is CCCN1CCC(NC(C)c2cc(F)ccc2O)CC1. The van der Waals surface area contributed by atoms with Crippen molar-refractivity contribution in [3.05, 3.63) is 29.6 Å². The number of benzene rings is 1. The molecule has 2 N–H and O–H groups in total. The predicted molar refractivity (Wildman–Crippen MR) is 79.4 cm³/mol. The number of nitrogens with one attached hydrogen (secondary N) is 1. The first-order valence-corrected chi connectivity index (χ1v) is 7.57. The van der Waals surface area contributed by atoms with Crippen molar-refractivity contribution >= 4 is 0 Å². The molecule has 1 unspecified atom stereocenters. The minimum atomic E-state index is -0.302. The number of rotatable bonds is 5. The summed E-state index contributed by atoms with van der Waals surface area (Å²) in [5.41, 5.74) is 0.640. The molecule has 1 aromatic rings. The second kappa shape index (κ2) is 7.04. The van der Waals surface area contributed by atoms with Crippen LogP contribution in [0.1, 0.15) is 44.7 Å². The third-order valence-corrected chi connectivity index (χ3v) is 4.07. The molecule has 1 saturated heterocycles. The lowest BCUT2D eigenvalue weighted by molar-refractivity contribution is 0.192. The normalized spacial score (nSPS) is 19.1. The summed E-state index contributed by atoms with van der Waals surface area (Å²) in [5, 5.41) is 13.3. The average Bonchev–Trinajstić information content (AvgIpc) is 2.44. The first-order valence-electron chi connectivity index (χ1n) is 7.57. The minimum absolute atomic E-state index is 0.0339. The Kier molecular flexibility index (Phi) is 5.38. The quantitative estimate of drug-likeness (QED) is 0.870. The van der Waals surface area contributed by atoms with Crippen molar-refractivity contribution in [3.63, 3.8) is 0 Å². The summed E-state index contributed by atoms with van der Waals surface area (Å²) < 4.78 is 13.3. The predicted octanol–water partition coefficient (Wildman–Crippen LogP) is 3.06. The largest absolute Gasteiger partial charge is 0.508 e. The molecule has 0 saturated carbocycles. The van der Waals surface area contributed by atoms with Crippen molar-refractivity contribution in [2.24, 2.45) is 0 Å². The van der Waals surface area contributed by atoms with E-state index >= 15 is 0 Å². The molecule has 1 aromatic carbocycles. The Balaban J connectivity index is 1.89. The van der Waals surface area contributed by atoms with Gasteiger partial charge >= 0.3 is 0 Å². The van der Waals surface area contributed by atoms with Gasteiger partial charge in [-0.2, -0.15) is 0 Å². The fraction of sp³-hybridized carbons (Fsp3) is 0.625. The highest BCUT2D eigenvalue weighted by Gasteiger charge is 2.21. The minimum Gasteiger partial charge on any atom is -0.508 e. The Morgan fingerprint density at radius 2 is 2.10 bits per heavy atom. The van der Waals surface area contributed by atoms with Crippen LogP contribution in [0.15, 0.2) is 18.2 Å². The molecule has 1 fully saturated rings. The summed E-state index contributed by atoms with van der Waals surface area (Å²) in [5.74, 6) is -0.140. The molecule has 20 heavy (non-hydrogen) atoms. The van der Waals surface area contributed by atoms with Crippen molar-refractivity contribution < 1.29 is 9.50 Å². The number of hydrogen-bond donors (Lipinski definition) is 2. The Morgan fingerprint density at radius 1 is 1.40 bits per heavy atom. The lowest BCUT2D eigenvalue weighted by Crippen LogP contribution is -2.43. The summed E-state index contributed by atoms with van der Waals surface area (Å²) in [6, 6.07) is 4.54. The molecule has 0 amide bonds. The molecule has 0 aliphatic carbocycles. The maximum absolute atomic E-state index is 13.3. The number of phenolic OH excluding ortho intramolecular Hbond substituents is 1. The van der Waals surface area contributed by atoms with Crippen LogP contribution < -0.4 is 5.32 Å². The molecule has 1 heterocycles. The summed E-state index contributed by atoms with van der Waals surface area (Å²) in [6.45, 7) is 7.60. The van der Waals surface area contributed by atoms with Crippen LogP contribution in [0.25, 0.3) is 0 Å². The average molecular weight is 280 g/mol. The van der Waals surface area contributed by atoms with Gasteiger partial charge in [0.05, 0.1) is 0 Å². The topological polar surface area (TPSA) is 35.5 Å². The molecule has 0 spiro atoms. The van der Waals surface area contributed by atoms with Crippen molar-refractivity contribution in [1.29, 1.82) is 0 Å². The van der Waals surface area contributed by atoms with E-state index in [4.69, 9.17) is 0 Å². The van der Waals surface area contributed by atoms with E-state index in [2.05, 4.69) is 17.1 Å². The Hall–Kier alpha value is -1.13. The third-order valence-electron chi connectivity index (χ3n) is 4.07. The van der Waals surface area contributed by atoms with Crippen LogP contribution >= 0.6 is 0 Å². The van der Waals surface area contributed by atoms with Crippen LogP contribution in [-0.2, 0) is 0 Å². The van der Waals surface area contributed by atoms with Gasteiger partial charge in [-0.25, -0.2) is 4.39 Å². The van der Waals surface area contributed by atoms with Gasteiger partial charge in [-0.15, -0.1) is 0 Å². The second-order valence-electron chi connectivity index (χ2n) is 5.71. The van der Waals surface area contributed by atoms with E-state index in [1.807, 2.05) is 6.92 Å². The van der Waals surface area contributed by atoms with Crippen LogP contribution in [0, 0.1) is 5.82 Å². The number of aromatic hydroxyl groups is 1. The van der Waals surface area contributed by atoms with Gasteiger partial charge in [0.15, 0.2) is 0 Å². The molecular formula is C16H25FN2O. The fourth-order valence-electron chi connectivity index (χ4n) is 2.95. The van der Waals surface area contributed by atoms with Crippen molar-refractivity contribution in [2.75, 3.05) is 19.6 Å².